The monoisotopic (exact) mass is 402 g/mol. The maximum atomic E-state index is 13.2. The number of ether oxygens (including phenoxy) is 2. The fraction of sp³-hybridized carbons (Fsp3) is 0.350. The van der Waals surface area contributed by atoms with E-state index >= 15 is 0 Å². The smallest absolute Gasteiger partial charge is 0.243 e. The summed E-state index contributed by atoms with van der Waals surface area (Å²) in [5.41, 5.74) is 1.47. The fourth-order valence-corrected chi connectivity index (χ4v) is 5.36. The van der Waals surface area contributed by atoms with Gasteiger partial charge in [-0.3, -0.25) is 4.79 Å². The highest BCUT2D eigenvalue weighted by Crippen LogP contribution is 2.40. The maximum Gasteiger partial charge on any atom is 0.243 e. The topological polar surface area (TPSA) is 84.9 Å². The van der Waals surface area contributed by atoms with Gasteiger partial charge in [0.15, 0.2) is 11.5 Å². The Hall–Kier alpha value is -2.58. The maximum absolute atomic E-state index is 13.2. The second-order valence-corrected chi connectivity index (χ2v) is 8.77. The minimum absolute atomic E-state index is 0.200. The number of carbonyl (C=O) groups excluding carboxylic acids is 1. The zero-order valence-electron chi connectivity index (χ0n) is 15.6. The first kappa shape index (κ1) is 18.8. The van der Waals surface area contributed by atoms with Crippen molar-refractivity contribution >= 4 is 21.6 Å². The molecule has 1 N–H and O–H groups in total. The highest BCUT2D eigenvalue weighted by molar-refractivity contribution is 7.89. The van der Waals surface area contributed by atoms with Gasteiger partial charge in [0.1, 0.15) is 13.2 Å². The number of rotatable bonds is 4. The third-order valence-corrected chi connectivity index (χ3v) is 6.86. The van der Waals surface area contributed by atoms with Crippen molar-refractivity contribution in [1.82, 2.24) is 4.31 Å². The Labute approximate surface area is 164 Å². The second kappa shape index (κ2) is 7.44. The summed E-state index contributed by atoms with van der Waals surface area (Å²) in [6.07, 6.45) is 1.55. The Morgan fingerprint density at radius 2 is 1.79 bits per heavy atom. The zero-order chi connectivity index (χ0) is 19.7. The molecule has 0 radical (unpaired) electrons. The third kappa shape index (κ3) is 3.57. The lowest BCUT2D eigenvalue weighted by Crippen LogP contribution is -2.30. The molecule has 2 aliphatic rings. The molecular weight excluding hydrogens is 380 g/mol. The molecule has 1 saturated heterocycles. The number of nitrogens with one attached hydrogen (secondary N) is 1. The van der Waals surface area contributed by atoms with E-state index < -0.39 is 10.0 Å². The molecule has 2 aromatic rings. The first-order chi connectivity index (χ1) is 13.4. The van der Waals surface area contributed by atoms with Gasteiger partial charge < -0.3 is 14.8 Å². The number of fused-ring (bicyclic) bond motifs is 1. The number of sulfonamides is 1. The number of nitrogens with zero attached hydrogens (tertiary/aromatic N) is 1. The predicted octanol–water partition coefficient (Wildman–Crippen LogP) is 2.94. The number of anilines is 1. The molecule has 2 aliphatic heterocycles. The van der Waals surface area contributed by atoms with E-state index in [-0.39, 0.29) is 16.8 Å². The Morgan fingerprint density at radius 1 is 1.07 bits per heavy atom. The molecule has 0 bridgehead atoms. The standard InChI is InChI=1S/C20H22N2O5S/c1-14(23)21-16-5-7-17(8-6-16)28(24,25)22-10-2-3-18(22)15-4-9-19-20(13-15)27-12-11-26-19/h4-9,13,18H,2-3,10-12H2,1H3,(H,21,23)/t18-/m0/s1. The molecule has 4 rings (SSSR count). The minimum atomic E-state index is -3.65. The number of hydrogen-bond donors (Lipinski definition) is 1. The molecule has 0 spiro atoms. The summed E-state index contributed by atoms with van der Waals surface area (Å²) in [4.78, 5) is 11.4. The predicted molar refractivity (Wildman–Crippen MR) is 104 cm³/mol. The molecule has 2 aromatic carbocycles. The van der Waals surface area contributed by atoms with Crippen LogP contribution in [-0.4, -0.2) is 38.4 Å². The molecule has 1 atom stereocenters. The molecule has 0 aliphatic carbocycles. The number of carbonyl (C=O) groups is 1. The number of benzene rings is 2. The van der Waals surface area contributed by atoms with E-state index in [9.17, 15) is 13.2 Å². The van der Waals surface area contributed by atoms with E-state index in [4.69, 9.17) is 9.47 Å². The number of hydrogen-bond acceptors (Lipinski definition) is 5. The van der Waals surface area contributed by atoms with Crippen LogP contribution in [0.3, 0.4) is 0 Å². The van der Waals surface area contributed by atoms with Crippen LogP contribution in [0.5, 0.6) is 11.5 Å². The van der Waals surface area contributed by atoms with Gasteiger partial charge in [0.05, 0.1) is 10.9 Å². The molecular formula is C20H22N2O5S. The van der Waals surface area contributed by atoms with Gasteiger partial charge in [0, 0.05) is 19.2 Å². The molecule has 2 heterocycles. The summed E-state index contributed by atoms with van der Waals surface area (Å²) in [6.45, 7) is 2.89. The fourth-order valence-electron chi connectivity index (χ4n) is 3.68. The molecule has 0 saturated carbocycles. The van der Waals surface area contributed by atoms with Crippen LogP contribution in [0.2, 0.25) is 0 Å². The van der Waals surface area contributed by atoms with Crippen LogP contribution in [-0.2, 0) is 14.8 Å². The van der Waals surface area contributed by atoms with Crippen LogP contribution in [0, 0.1) is 0 Å². The van der Waals surface area contributed by atoms with Gasteiger partial charge in [-0.2, -0.15) is 4.31 Å². The van der Waals surface area contributed by atoms with E-state index in [0.29, 0.717) is 36.9 Å². The van der Waals surface area contributed by atoms with Crippen LogP contribution < -0.4 is 14.8 Å². The van der Waals surface area contributed by atoms with Crippen LogP contribution in [0.1, 0.15) is 31.4 Å². The number of amides is 1. The van der Waals surface area contributed by atoms with Crippen molar-refractivity contribution in [3.63, 3.8) is 0 Å². The quantitative estimate of drug-likeness (QED) is 0.850. The molecule has 148 valence electrons. The minimum Gasteiger partial charge on any atom is -0.486 e. The highest BCUT2D eigenvalue weighted by Gasteiger charge is 2.36. The van der Waals surface area contributed by atoms with Crippen molar-refractivity contribution in [2.24, 2.45) is 0 Å². The van der Waals surface area contributed by atoms with Crippen LogP contribution in [0.15, 0.2) is 47.4 Å². The summed E-state index contributed by atoms with van der Waals surface area (Å²) in [5.74, 6) is 1.15. The molecule has 28 heavy (non-hydrogen) atoms. The lowest BCUT2D eigenvalue weighted by atomic mass is 10.0. The average Bonchev–Trinajstić information content (AvgIpc) is 3.18. The first-order valence-corrected chi connectivity index (χ1v) is 10.7. The molecule has 1 amide bonds. The largest absolute Gasteiger partial charge is 0.486 e. The summed E-state index contributed by atoms with van der Waals surface area (Å²) in [5, 5.41) is 2.64. The molecule has 8 heteroatoms. The molecule has 7 nitrogen and oxygen atoms in total. The van der Waals surface area contributed by atoms with Crippen molar-refractivity contribution in [3.8, 4) is 11.5 Å². The zero-order valence-corrected chi connectivity index (χ0v) is 16.4. The van der Waals surface area contributed by atoms with Crippen molar-refractivity contribution < 1.29 is 22.7 Å². The molecule has 0 aromatic heterocycles. The van der Waals surface area contributed by atoms with Gasteiger partial charge in [0.25, 0.3) is 0 Å². The third-order valence-electron chi connectivity index (χ3n) is 4.94. The molecule has 1 fully saturated rings. The normalized spacial score (nSPS) is 19.4. The lowest BCUT2D eigenvalue weighted by Gasteiger charge is -2.26. The Balaban J connectivity index is 1.61. The van der Waals surface area contributed by atoms with E-state index in [1.807, 2.05) is 18.2 Å². The van der Waals surface area contributed by atoms with Crippen LogP contribution in [0.4, 0.5) is 5.69 Å². The SMILES string of the molecule is CC(=O)Nc1ccc(S(=O)(=O)N2CCC[C@H]2c2ccc3c(c2)OCCO3)cc1. The molecule has 0 unspecified atom stereocenters. The van der Waals surface area contributed by atoms with E-state index in [1.165, 1.54) is 19.1 Å². The van der Waals surface area contributed by atoms with Crippen molar-refractivity contribution in [1.29, 1.82) is 0 Å². The van der Waals surface area contributed by atoms with Crippen molar-refractivity contribution in [2.75, 3.05) is 25.1 Å². The van der Waals surface area contributed by atoms with Crippen molar-refractivity contribution in [2.45, 2.75) is 30.7 Å². The van der Waals surface area contributed by atoms with Gasteiger partial charge in [-0.1, -0.05) is 6.07 Å². The average molecular weight is 402 g/mol. The Morgan fingerprint density at radius 3 is 2.50 bits per heavy atom. The van der Waals surface area contributed by atoms with Crippen LogP contribution >= 0.6 is 0 Å². The van der Waals surface area contributed by atoms with Crippen molar-refractivity contribution in [3.05, 3.63) is 48.0 Å². The Kier molecular flexibility index (Phi) is 4.99. The highest BCUT2D eigenvalue weighted by atomic mass is 32.2. The lowest BCUT2D eigenvalue weighted by molar-refractivity contribution is -0.114. The summed E-state index contributed by atoms with van der Waals surface area (Å²) in [7, 11) is -3.65. The van der Waals surface area contributed by atoms with Gasteiger partial charge in [0.2, 0.25) is 15.9 Å². The van der Waals surface area contributed by atoms with Crippen LogP contribution in [0.25, 0.3) is 0 Å². The first-order valence-electron chi connectivity index (χ1n) is 9.24. The summed E-state index contributed by atoms with van der Waals surface area (Å²) >= 11 is 0. The van der Waals surface area contributed by atoms with Gasteiger partial charge in [-0.25, -0.2) is 8.42 Å². The van der Waals surface area contributed by atoms with E-state index in [1.54, 1.807) is 16.4 Å². The summed E-state index contributed by atoms with van der Waals surface area (Å²) in [6, 6.07) is 11.6. The summed E-state index contributed by atoms with van der Waals surface area (Å²) < 4.78 is 39.2. The van der Waals surface area contributed by atoms with E-state index in [2.05, 4.69) is 5.32 Å². The van der Waals surface area contributed by atoms with Gasteiger partial charge in [-0.05, 0) is 54.8 Å². The second-order valence-electron chi connectivity index (χ2n) is 6.88. The Bertz CT molecular complexity index is 988. The van der Waals surface area contributed by atoms with Gasteiger partial charge in [-0.15, -0.1) is 0 Å². The van der Waals surface area contributed by atoms with Gasteiger partial charge >= 0.3 is 0 Å². The van der Waals surface area contributed by atoms with E-state index in [0.717, 1.165) is 18.4 Å².